The molecule has 0 aromatic carbocycles. The second-order valence-corrected chi connectivity index (χ2v) is 28.4. The van der Waals surface area contributed by atoms with Gasteiger partial charge in [-0.3, -0.25) is 9.59 Å². The second-order valence-electron chi connectivity index (χ2n) is 28.4. The van der Waals surface area contributed by atoms with Crippen molar-refractivity contribution < 1.29 is 49.3 Å². The molecule has 0 aromatic heterocycles. The molecule has 0 spiro atoms. The molecule has 0 saturated carbocycles. The standard InChI is InChI=1S/C85H155NO10/c1-3-5-7-9-11-13-15-16-17-18-40-44-47-50-53-57-61-65-69-73-81(90)94-74-70-66-62-58-54-51-48-45-42-39-37-35-33-31-29-27-25-23-21-19-20-22-24-26-28-30-32-34-36-38-41-43-46-49-52-56-60-64-68-72-80(89)86-77(76-95-85-84(93)83(92)82(91)79(75-87)96-85)78(88)71-67-63-59-55-14-12-10-8-6-4-2/h6,8,14,16-17,19-20,23,25,55,67,71,77-79,82-85,87-88,91-93H,3-5,7,9-13,15,18,21-22,24,26-54,56-66,68-70,72-76H2,1-2H3,(H,86,89)/b8-6+,17-16-,20-19-,25-23-,55-14+,71-67+. The summed E-state index contributed by atoms with van der Waals surface area (Å²) in [5.74, 6) is -0.181. The summed E-state index contributed by atoms with van der Waals surface area (Å²) in [6.45, 7) is 4.24. The van der Waals surface area contributed by atoms with Crippen LogP contribution in [0.5, 0.6) is 0 Å². The summed E-state index contributed by atoms with van der Waals surface area (Å²) in [7, 11) is 0. The summed E-state index contributed by atoms with van der Waals surface area (Å²) in [4.78, 5) is 25.2. The van der Waals surface area contributed by atoms with Gasteiger partial charge >= 0.3 is 5.97 Å². The molecule has 1 aliphatic heterocycles. The highest BCUT2D eigenvalue weighted by atomic mass is 16.7. The number of allylic oxidation sites excluding steroid dienone is 11. The number of amides is 1. The Hall–Kier alpha value is -2.90. The predicted molar refractivity (Wildman–Crippen MR) is 407 cm³/mol. The number of carbonyl (C=O) groups is 2. The molecule has 1 heterocycles. The lowest BCUT2D eigenvalue weighted by atomic mass is 9.99. The largest absolute Gasteiger partial charge is 0.466 e. The van der Waals surface area contributed by atoms with Crippen molar-refractivity contribution >= 4 is 11.9 Å². The molecule has 560 valence electrons. The maximum Gasteiger partial charge on any atom is 0.305 e. The van der Waals surface area contributed by atoms with Gasteiger partial charge in [-0.2, -0.15) is 0 Å². The van der Waals surface area contributed by atoms with Crippen LogP contribution in [0, 0.1) is 0 Å². The lowest BCUT2D eigenvalue weighted by Crippen LogP contribution is -2.60. The van der Waals surface area contributed by atoms with E-state index in [2.05, 4.69) is 79.9 Å². The fraction of sp³-hybridized carbons (Fsp3) is 0.835. The van der Waals surface area contributed by atoms with Crippen molar-refractivity contribution in [1.82, 2.24) is 5.32 Å². The Morgan fingerprint density at radius 3 is 1.15 bits per heavy atom. The molecule has 1 rings (SSSR count). The third kappa shape index (κ3) is 61.0. The first-order valence-corrected chi connectivity index (χ1v) is 41.2. The third-order valence-electron chi connectivity index (χ3n) is 19.3. The Kier molecular flexibility index (Phi) is 69.6. The number of hydrogen-bond acceptors (Lipinski definition) is 10. The lowest BCUT2D eigenvalue weighted by Gasteiger charge is -2.40. The van der Waals surface area contributed by atoms with Gasteiger partial charge in [0.25, 0.3) is 0 Å². The topological polar surface area (TPSA) is 175 Å². The van der Waals surface area contributed by atoms with E-state index in [-0.39, 0.29) is 18.5 Å². The van der Waals surface area contributed by atoms with Crippen molar-refractivity contribution in [3.05, 3.63) is 72.9 Å². The highest BCUT2D eigenvalue weighted by molar-refractivity contribution is 5.76. The van der Waals surface area contributed by atoms with E-state index >= 15 is 0 Å². The highest BCUT2D eigenvalue weighted by Gasteiger charge is 2.44. The number of esters is 1. The molecule has 11 nitrogen and oxygen atoms in total. The predicted octanol–water partition coefficient (Wildman–Crippen LogP) is 22.6. The quantitative estimate of drug-likeness (QED) is 0.0195. The maximum absolute atomic E-state index is 13.0. The van der Waals surface area contributed by atoms with Gasteiger partial charge in [-0.05, 0) is 109 Å². The Bertz CT molecular complexity index is 1830. The Morgan fingerprint density at radius 2 is 0.740 bits per heavy atom. The first-order valence-electron chi connectivity index (χ1n) is 41.2. The van der Waals surface area contributed by atoms with Crippen molar-refractivity contribution in [3.63, 3.8) is 0 Å². The second kappa shape index (κ2) is 73.3. The maximum atomic E-state index is 13.0. The molecule has 7 unspecified atom stereocenters. The van der Waals surface area contributed by atoms with Gasteiger partial charge in [0.1, 0.15) is 24.4 Å². The van der Waals surface area contributed by atoms with E-state index in [1.807, 2.05) is 6.08 Å². The molecule has 1 saturated heterocycles. The van der Waals surface area contributed by atoms with Crippen molar-refractivity contribution in [2.45, 2.75) is 436 Å². The minimum absolute atomic E-state index is 0.0141. The van der Waals surface area contributed by atoms with Crippen molar-refractivity contribution in [2.24, 2.45) is 0 Å². The highest BCUT2D eigenvalue weighted by Crippen LogP contribution is 2.24. The Morgan fingerprint density at radius 1 is 0.396 bits per heavy atom. The minimum atomic E-state index is -1.58. The smallest absolute Gasteiger partial charge is 0.305 e. The van der Waals surface area contributed by atoms with Crippen LogP contribution in [-0.2, 0) is 23.8 Å². The van der Waals surface area contributed by atoms with E-state index in [1.165, 1.54) is 289 Å². The van der Waals surface area contributed by atoms with Gasteiger partial charge in [0.2, 0.25) is 5.91 Å². The molecule has 0 aromatic rings. The number of aliphatic hydroxyl groups is 5. The Balaban J connectivity index is 1.86. The van der Waals surface area contributed by atoms with Crippen LogP contribution >= 0.6 is 0 Å². The average Bonchev–Trinajstić information content (AvgIpc) is 0.836. The van der Waals surface area contributed by atoms with E-state index in [1.54, 1.807) is 6.08 Å². The number of carbonyl (C=O) groups excluding carboxylic acids is 2. The van der Waals surface area contributed by atoms with E-state index in [0.29, 0.717) is 19.4 Å². The molecular weight excluding hydrogens is 1190 g/mol. The summed E-state index contributed by atoms with van der Waals surface area (Å²) in [6, 6.07) is -0.833. The number of ether oxygens (including phenoxy) is 3. The van der Waals surface area contributed by atoms with Gasteiger partial charge in [-0.1, -0.05) is 344 Å². The fourth-order valence-corrected chi connectivity index (χ4v) is 12.9. The van der Waals surface area contributed by atoms with Gasteiger partial charge in [0, 0.05) is 12.8 Å². The molecule has 1 aliphatic rings. The van der Waals surface area contributed by atoms with Gasteiger partial charge in [0.05, 0.1) is 32.0 Å². The molecule has 0 aliphatic carbocycles. The lowest BCUT2D eigenvalue weighted by molar-refractivity contribution is -0.302. The molecule has 1 fully saturated rings. The van der Waals surface area contributed by atoms with Crippen LogP contribution in [0.25, 0.3) is 0 Å². The van der Waals surface area contributed by atoms with Crippen LogP contribution in [0.2, 0.25) is 0 Å². The summed E-state index contributed by atoms with van der Waals surface area (Å²) in [5.41, 5.74) is 0. The summed E-state index contributed by atoms with van der Waals surface area (Å²) < 4.78 is 16.7. The number of rotatable bonds is 73. The first kappa shape index (κ1) is 91.1. The summed E-state index contributed by atoms with van der Waals surface area (Å²) in [5, 5.41) is 54.3. The summed E-state index contributed by atoms with van der Waals surface area (Å²) >= 11 is 0. The fourth-order valence-electron chi connectivity index (χ4n) is 12.9. The molecule has 6 N–H and O–H groups in total. The number of aliphatic hydroxyl groups excluding tert-OH is 5. The van der Waals surface area contributed by atoms with Crippen LogP contribution in [0.3, 0.4) is 0 Å². The molecule has 1 amide bonds. The van der Waals surface area contributed by atoms with Gasteiger partial charge < -0.3 is 45.1 Å². The van der Waals surface area contributed by atoms with Gasteiger partial charge in [0.15, 0.2) is 6.29 Å². The molecular formula is C85H155NO10. The molecule has 0 bridgehead atoms. The number of nitrogens with one attached hydrogen (secondary N) is 1. The Labute approximate surface area is 591 Å². The van der Waals surface area contributed by atoms with E-state index in [9.17, 15) is 35.1 Å². The van der Waals surface area contributed by atoms with Crippen LogP contribution in [0.15, 0.2) is 72.9 Å². The van der Waals surface area contributed by atoms with E-state index in [4.69, 9.17) is 14.2 Å². The van der Waals surface area contributed by atoms with Gasteiger partial charge in [-0.25, -0.2) is 0 Å². The van der Waals surface area contributed by atoms with Crippen molar-refractivity contribution in [1.29, 1.82) is 0 Å². The van der Waals surface area contributed by atoms with Crippen LogP contribution in [0.4, 0.5) is 0 Å². The SMILES string of the molecule is CC/C=C/CC/C=C/CC/C=C/C(O)C(COC1OC(CO)C(O)C(O)C1O)NC(=O)CCCCCCCCCCCCCCCCCCC/C=C\C/C=C\CCCCCCCCCCCCCCCCCOC(=O)CCCCCCCCCCC/C=C\CCCCCCCC. The molecule has 96 heavy (non-hydrogen) atoms. The minimum Gasteiger partial charge on any atom is -0.466 e. The monoisotopic (exact) mass is 1350 g/mol. The number of hydrogen-bond donors (Lipinski definition) is 6. The zero-order valence-corrected chi connectivity index (χ0v) is 62.6. The van der Waals surface area contributed by atoms with Crippen molar-refractivity contribution in [3.8, 4) is 0 Å². The average molecular weight is 1350 g/mol. The zero-order chi connectivity index (χ0) is 69.4. The first-order chi connectivity index (χ1) is 47.2. The number of unbranched alkanes of at least 4 members (excludes halogenated alkanes) is 49. The third-order valence-corrected chi connectivity index (χ3v) is 19.3. The van der Waals surface area contributed by atoms with Gasteiger partial charge in [-0.15, -0.1) is 0 Å². The molecule has 0 radical (unpaired) electrons. The van der Waals surface area contributed by atoms with Crippen LogP contribution in [-0.4, -0.2) is 100 Å². The van der Waals surface area contributed by atoms with E-state index in [0.717, 1.165) is 77.0 Å². The van der Waals surface area contributed by atoms with Crippen LogP contribution in [0.1, 0.15) is 393 Å². The van der Waals surface area contributed by atoms with E-state index < -0.39 is 49.5 Å². The van der Waals surface area contributed by atoms with Crippen LogP contribution < -0.4 is 5.32 Å². The normalized spacial score (nSPS) is 17.7. The molecule has 7 atom stereocenters. The molecule has 11 heteroatoms. The zero-order valence-electron chi connectivity index (χ0n) is 62.6. The van der Waals surface area contributed by atoms with Crippen molar-refractivity contribution in [2.75, 3.05) is 19.8 Å². The summed E-state index contributed by atoms with van der Waals surface area (Å²) in [6.07, 6.45) is 91.2.